The van der Waals surface area contributed by atoms with Gasteiger partial charge in [0.05, 0.1) is 50.5 Å². The summed E-state index contributed by atoms with van der Waals surface area (Å²) in [4.78, 5) is 22.7. The molecule has 0 bridgehead atoms. The Morgan fingerprint density at radius 2 is 2.07 bits per heavy atom. The van der Waals surface area contributed by atoms with E-state index in [0.29, 0.717) is 0 Å². The average Bonchev–Trinajstić information content (AvgIpc) is 3.08. The minimum atomic E-state index is -3.03. The summed E-state index contributed by atoms with van der Waals surface area (Å²) in [5, 5.41) is 11.8. The summed E-state index contributed by atoms with van der Waals surface area (Å²) in [7, 11) is 3.43. The van der Waals surface area contributed by atoms with Crippen molar-refractivity contribution in [3.05, 3.63) is 94.2 Å². The first-order chi connectivity index (χ1) is 24.7. The first-order valence-electron chi connectivity index (χ1n) is 18.2. The number of allylic oxidation sites excluding steroid dienone is 1. The highest BCUT2D eigenvalue weighted by molar-refractivity contribution is 6.32. The third kappa shape index (κ3) is 7.82. The molecule has 8 nitrogen and oxygen atoms in total. The van der Waals surface area contributed by atoms with Crippen molar-refractivity contribution >= 4 is 39.7 Å². The van der Waals surface area contributed by atoms with Gasteiger partial charge < -0.3 is 19.7 Å². The second-order valence-corrected chi connectivity index (χ2v) is 9.05. The first-order valence-corrected chi connectivity index (χ1v) is 12.6. The molecule has 0 amide bonds. The van der Waals surface area contributed by atoms with Crippen LogP contribution in [0.15, 0.2) is 66.6 Å². The second-order valence-electron chi connectivity index (χ2n) is 8.67. The van der Waals surface area contributed by atoms with Crippen LogP contribution in [0.3, 0.4) is 0 Å². The lowest BCUT2D eigenvalue weighted by molar-refractivity contribution is -0.114. The fraction of sp³-hybridized carbons (Fsp3) is 0.250. The largest absolute Gasteiger partial charge is 0.494 e. The van der Waals surface area contributed by atoms with E-state index in [0.717, 1.165) is 6.08 Å². The van der Waals surface area contributed by atoms with Gasteiger partial charge in [-0.3, -0.25) is 14.8 Å². The Kier molecular flexibility index (Phi) is 5.83. The van der Waals surface area contributed by atoms with Crippen molar-refractivity contribution in [3.8, 4) is 17.6 Å². The zero-order valence-electron chi connectivity index (χ0n) is 34.6. The van der Waals surface area contributed by atoms with Gasteiger partial charge in [0.1, 0.15) is 24.1 Å². The number of nitriles is 1. The maximum atomic E-state index is 13.1. The topological polar surface area (TPSA) is 100 Å². The number of rotatable bonds is 12. The quantitative estimate of drug-likeness (QED) is 0.191. The van der Waals surface area contributed by atoms with E-state index >= 15 is 0 Å². The van der Waals surface area contributed by atoms with E-state index in [2.05, 4.69) is 15.3 Å². The molecule has 0 aliphatic rings. The number of carbonyl (C=O) groups is 1. The highest BCUT2D eigenvalue weighted by Gasteiger charge is 2.16. The van der Waals surface area contributed by atoms with E-state index in [-0.39, 0.29) is 52.8 Å². The number of likely N-dealkylation sites (N-methyl/N-ethyl adjacent to an activating group) is 1. The number of pyridine rings is 2. The van der Waals surface area contributed by atoms with Crippen LogP contribution in [-0.2, 0) is 17.8 Å². The summed E-state index contributed by atoms with van der Waals surface area (Å²) in [6, 6.07) is -3.31. The molecule has 41 heavy (non-hydrogen) atoms. The first kappa shape index (κ1) is 17.4. The number of anilines is 2. The van der Waals surface area contributed by atoms with Gasteiger partial charge in [-0.05, 0) is 70.3 Å². The molecule has 210 valence electrons. The Bertz CT molecular complexity index is 2220. The third-order valence-corrected chi connectivity index (χ3v) is 5.43. The van der Waals surface area contributed by atoms with Crippen molar-refractivity contribution in [2.45, 2.75) is 26.8 Å². The molecule has 0 fully saturated rings. The van der Waals surface area contributed by atoms with Crippen LogP contribution in [0.5, 0.6) is 11.5 Å². The van der Waals surface area contributed by atoms with Gasteiger partial charge >= 0.3 is 0 Å². The summed E-state index contributed by atoms with van der Waals surface area (Å²) in [6.07, 6.45) is -0.0768. The van der Waals surface area contributed by atoms with Crippen molar-refractivity contribution < 1.29 is 30.7 Å². The van der Waals surface area contributed by atoms with E-state index in [4.69, 9.17) is 37.5 Å². The molecule has 0 radical (unpaired) electrons. The molecule has 0 spiro atoms. The maximum absolute atomic E-state index is 13.1. The molecule has 0 atom stereocenters. The lowest BCUT2D eigenvalue weighted by atomic mass is 10.0. The standard InChI is InChI=1S/C32H32ClN5O3/c1-5-40-31-17-29-27(15-22(31)14-26(39)10-7-13-38(3)4)32(23(18-34)19-35-29)37-24-11-12-30(28(33)16-24)41-20-25-9-6-8-21(2)36-25/h6-12,15-17,19H,5,13-14,20H2,1-4H3,(H,35,37)/b10-7+/i6D,7D,8D,9D,11D,12D,15D,16D,17D,19D,20D2. The fourth-order valence-electron chi connectivity index (χ4n) is 3.42. The second kappa shape index (κ2) is 13.8. The van der Waals surface area contributed by atoms with Crippen LogP contribution >= 0.6 is 11.6 Å². The van der Waals surface area contributed by atoms with Gasteiger partial charge in [0.2, 0.25) is 0 Å². The van der Waals surface area contributed by atoms with Crippen LogP contribution in [-0.4, -0.2) is 47.9 Å². The van der Waals surface area contributed by atoms with E-state index in [1.54, 1.807) is 32.0 Å². The minimum absolute atomic E-state index is 0.0149. The van der Waals surface area contributed by atoms with Gasteiger partial charge in [0, 0.05) is 47.5 Å². The van der Waals surface area contributed by atoms with Crippen molar-refractivity contribution in [1.29, 1.82) is 5.26 Å². The Morgan fingerprint density at radius 1 is 1.24 bits per heavy atom. The van der Waals surface area contributed by atoms with Crippen LogP contribution in [0.2, 0.25) is 5.02 Å². The molecule has 4 aromatic rings. The molecule has 2 aromatic carbocycles. The number of nitrogens with zero attached hydrogens (tertiary/aromatic N) is 4. The normalized spacial score (nSPS) is 15.9. The lowest BCUT2D eigenvalue weighted by Gasteiger charge is -2.16. The summed E-state index contributed by atoms with van der Waals surface area (Å²) in [6.45, 7) is 0.0829. The zero-order chi connectivity index (χ0) is 39.9. The minimum Gasteiger partial charge on any atom is -0.494 e. The van der Waals surface area contributed by atoms with Gasteiger partial charge in [0.25, 0.3) is 0 Å². The molecule has 0 unspecified atom stereocenters. The van der Waals surface area contributed by atoms with E-state index in [1.807, 2.05) is 0 Å². The molecule has 0 saturated heterocycles. The number of hydrogen-bond donors (Lipinski definition) is 1. The number of hydrogen-bond acceptors (Lipinski definition) is 8. The van der Waals surface area contributed by atoms with Gasteiger partial charge in [-0.1, -0.05) is 23.7 Å². The van der Waals surface area contributed by atoms with Crippen LogP contribution in [0.1, 0.15) is 45.9 Å². The van der Waals surface area contributed by atoms with Crippen LogP contribution < -0.4 is 14.8 Å². The molecule has 2 aromatic heterocycles. The zero-order valence-corrected chi connectivity index (χ0v) is 23.3. The number of aromatic nitrogens is 2. The Labute approximate surface area is 262 Å². The van der Waals surface area contributed by atoms with Gasteiger partial charge in [-0.2, -0.15) is 5.26 Å². The number of aryl methyl sites for hydroxylation is 1. The van der Waals surface area contributed by atoms with Crippen molar-refractivity contribution in [2.24, 2.45) is 0 Å². The predicted octanol–water partition coefficient (Wildman–Crippen LogP) is 6.41. The average molecular weight is 582 g/mol. The molecule has 1 N–H and O–H groups in total. The third-order valence-electron chi connectivity index (χ3n) is 5.16. The van der Waals surface area contributed by atoms with Crippen LogP contribution in [0.25, 0.3) is 10.9 Å². The smallest absolute Gasteiger partial charge is 0.159 e. The molecular formula is C32H32ClN5O3. The van der Waals surface area contributed by atoms with Gasteiger partial charge in [-0.25, -0.2) is 0 Å². The SMILES string of the molecule is [2H]/C(=C\C(=O)Cc1c(OCC)c([2H])c2nc([2H])c(C#N)c(Nc3c([2H])c([2H])c(OC([2H])([2H])c4nc(C)c([2H])c([2H])c4[2H])c(Cl)c3[2H])c2c1[2H])CN(C)C. The van der Waals surface area contributed by atoms with Crippen molar-refractivity contribution in [2.75, 3.05) is 32.6 Å². The van der Waals surface area contributed by atoms with Crippen LogP contribution in [0, 0.1) is 18.3 Å². The predicted molar refractivity (Wildman–Crippen MR) is 162 cm³/mol. The van der Waals surface area contributed by atoms with E-state index in [1.165, 1.54) is 6.92 Å². The number of nitrogens with one attached hydrogen (secondary N) is 1. The summed E-state index contributed by atoms with van der Waals surface area (Å²) < 4.78 is 113. The fourth-order valence-corrected chi connectivity index (χ4v) is 3.60. The van der Waals surface area contributed by atoms with E-state index < -0.39 is 101 Å². The van der Waals surface area contributed by atoms with Crippen molar-refractivity contribution in [1.82, 2.24) is 14.9 Å². The summed E-state index contributed by atoms with van der Waals surface area (Å²) >= 11 is 6.44. The number of benzene rings is 2. The molecule has 9 heteroatoms. The molecule has 0 aliphatic carbocycles. The van der Waals surface area contributed by atoms with E-state index in [9.17, 15) is 10.1 Å². The Balaban J connectivity index is 1.94. The van der Waals surface area contributed by atoms with Crippen LogP contribution in [0.4, 0.5) is 11.4 Å². The summed E-state index contributed by atoms with van der Waals surface area (Å²) in [5.41, 5.74) is -2.58. The van der Waals surface area contributed by atoms with Crippen molar-refractivity contribution in [3.63, 3.8) is 0 Å². The Morgan fingerprint density at radius 3 is 2.83 bits per heavy atom. The molecule has 0 aliphatic heterocycles. The van der Waals surface area contributed by atoms with Gasteiger partial charge in [0.15, 0.2) is 5.78 Å². The number of ketones is 1. The number of ether oxygens (including phenoxy) is 2. The highest BCUT2D eigenvalue weighted by Crippen LogP contribution is 2.36. The monoisotopic (exact) mass is 581 g/mol. The Hall–Kier alpha value is -4.45. The molecule has 4 rings (SSSR count). The maximum Gasteiger partial charge on any atom is 0.159 e. The number of carbonyl (C=O) groups excluding carboxylic acids is 1. The summed E-state index contributed by atoms with van der Waals surface area (Å²) in [5.74, 6) is -1.57. The molecule has 0 saturated carbocycles. The lowest BCUT2D eigenvalue weighted by Crippen LogP contribution is -2.11. The molecular weight excluding hydrogens is 538 g/mol. The molecule has 2 heterocycles. The number of fused-ring (bicyclic) bond motifs is 1. The van der Waals surface area contributed by atoms with Gasteiger partial charge in [-0.15, -0.1) is 0 Å². The number of halogens is 1. The highest BCUT2D eigenvalue weighted by atomic mass is 35.5.